The monoisotopic (exact) mass is 225 g/mol. The molecule has 80 valence electrons. The standard InChI is InChI=1S/C9H11N3O2S/c1-5-3-7(11-14-5)4-12-8(13)6(2)10-9(12)15/h3,6H,4H2,1-2H3,(H,10,15)/t6-/m0/s1. The molecule has 1 saturated heterocycles. The van der Waals surface area contributed by atoms with Crippen molar-refractivity contribution in [2.24, 2.45) is 0 Å². The van der Waals surface area contributed by atoms with Crippen LogP contribution in [0.4, 0.5) is 0 Å². The Bertz CT molecular complexity index is 415. The summed E-state index contributed by atoms with van der Waals surface area (Å²) in [7, 11) is 0. The average Bonchev–Trinajstić information content (AvgIpc) is 2.67. The van der Waals surface area contributed by atoms with Crippen molar-refractivity contribution in [3.05, 3.63) is 17.5 Å². The van der Waals surface area contributed by atoms with E-state index in [1.54, 1.807) is 13.0 Å². The topological polar surface area (TPSA) is 58.4 Å². The summed E-state index contributed by atoms with van der Waals surface area (Å²) < 4.78 is 4.92. The van der Waals surface area contributed by atoms with E-state index in [4.69, 9.17) is 16.7 Å². The minimum atomic E-state index is -0.245. The summed E-state index contributed by atoms with van der Waals surface area (Å²) in [5.41, 5.74) is 0.708. The lowest BCUT2D eigenvalue weighted by atomic mass is 10.3. The number of nitrogens with zero attached hydrogens (tertiary/aromatic N) is 2. The molecule has 1 N–H and O–H groups in total. The predicted molar refractivity (Wildman–Crippen MR) is 57.0 cm³/mol. The molecule has 2 heterocycles. The van der Waals surface area contributed by atoms with Crippen LogP contribution >= 0.6 is 12.2 Å². The van der Waals surface area contributed by atoms with Crippen LogP contribution in [0.25, 0.3) is 0 Å². The van der Waals surface area contributed by atoms with Gasteiger partial charge in [0.1, 0.15) is 17.5 Å². The molecule has 1 atom stereocenters. The van der Waals surface area contributed by atoms with E-state index in [1.165, 1.54) is 4.90 Å². The third-order valence-corrected chi connectivity index (χ3v) is 2.56. The molecule has 1 aromatic rings. The summed E-state index contributed by atoms with van der Waals surface area (Å²) in [6.07, 6.45) is 0. The zero-order chi connectivity index (χ0) is 11.0. The fourth-order valence-electron chi connectivity index (χ4n) is 1.46. The number of hydrogen-bond donors (Lipinski definition) is 1. The van der Waals surface area contributed by atoms with Crippen molar-refractivity contribution in [1.29, 1.82) is 0 Å². The Balaban J connectivity index is 2.12. The molecule has 2 rings (SSSR count). The van der Waals surface area contributed by atoms with Crippen LogP contribution in [0.3, 0.4) is 0 Å². The fourth-order valence-corrected chi connectivity index (χ4v) is 1.79. The van der Waals surface area contributed by atoms with Crippen molar-refractivity contribution in [2.45, 2.75) is 26.4 Å². The van der Waals surface area contributed by atoms with E-state index < -0.39 is 0 Å². The van der Waals surface area contributed by atoms with Gasteiger partial charge in [0.2, 0.25) is 0 Å². The SMILES string of the molecule is Cc1cc(CN2C(=O)[C@H](C)NC2=S)no1. The van der Waals surface area contributed by atoms with Crippen molar-refractivity contribution >= 4 is 23.2 Å². The van der Waals surface area contributed by atoms with Crippen molar-refractivity contribution in [2.75, 3.05) is 0 Å². The smallest absolute Gasteiger partial charge is 0.251 e. The maximum Gasteiger partial charge on any atom is 0.251 e. The molecular formula is C9H11N3O2S. The molecular weight excluding hydrogens is 214 g/mol. The first-order valence-corrected chi connectivity index (χ1v) is 5.03. The minimum Gasteiger partial charge on any atom is -0.361 e. The van der Waals surface area contributed by atoms with Crippen molar-refractivity contribution in [3.8, 4) is 0 Å². The van der Waals surface area contributed by atoms with Gasteiger partial charge in [-0.1, -0.05) is 5.16 Å². The van der Waals surface area contributed by atoms with Gasteiger partial charge < -0.3 is 9.84 Å². The molecule has 1 amide bonds. The third-order valence-electron chi connectivity index (χ3n) is 2.22. The number of aryl methyl sites for hydroxylation is 1. The quantitative estimate of drug-likeness (QED) is 0.746. The van der Waals surface area contributed by atoms with E-state index in [0.29, 0.717) is 17.4 Å². The first-order chi connectivity index (χ1) is 7.08. The first kappa shape index (κ1) is 10.1. The second-order valence-corrected chi connectivity index (χ2v) is 3.91. The largest absolute Gasteiger partial charge is 0.361 e. The number of nitrogens with one attached hydrogen (secondary N) is 1. The fraction of sp³-hybridized carbons (Fsp3) is 0.444. The summed E-state index contributed by atoms with van der Waals surface area (Å²) >= 11 is 5.04. The number of carbonyl (C=O) groups is 1. The normalized spacial score (nSPS) is 20.9. The van der Waals surface area contributed by atoms with Crippen molar-refractivity contribution in [1.82, 2.24) is 15.4 Å². The van der Waals surface area contributed by atoms with Crippen LogP contribution in [-0.4, -0.2) is 27.1 Å². The zero-order valence-corrected chi connectivity index (χ0v) is 9.30. The van der Waals surface area contributed by atoms with Gasteiger partial charge in [-0.05, 0) is 26.1 Å². The second-order valence-electron chi connectivity index (χ2n) is 3.52. The molecule has 1 aromatic heterocycles. The average molecular weight is 225 g/mol. The molecule has 5 nitrogen and oxygen atoms in total. The van der Waals surface area contributed by atoms with Crippen LogP contribution in [-0.2, 0) is 11.3 Å². The van der Waals surface area contributed by atoms with Gasteiger partial charge in [0.15, 0.2) is 5.11 Å². The maximum atomic E-state index is 11.6. The molecule has 0 radical (unpaired) electrons. The number of hydrogen-bond acceptors (Lipinski definition) is 4. The Hall–Kier alpha value is -1.43. The molecule has 0 unspecified atom stereocenters. The van der Waals surface area contributed by atoms with Gasteiger partial charge in [0.05, 0.1) is 6.54 Å². The molecule has 1 fully saturated rings. The molecule has 6 heteroatoms. The van der Waals surface area contributed by atoms with E-state index in [-0.39, 0.29) is 11.9 Å². The van der Waals surface area contributed by atoms with Gasteiger partial charge in [-0.15, -0.1) is 0 Å². The molecule has 1 aliphatic heterocycles. The lowest BCUT2D eigenvalue weighted by Crippen LogP contribution is -2.30. The lowest BCUT2D eigenvalue weighted by molar-refractivity contribution is -0.127. The molecule has 0 saturated carbocycles. The van der Waals surface area contributed by atoms with Crippen LogP contribution in [0, 0.1) is 6.92 Å². The highest BCUT2D eigenvalue weighted by atomic mass is 32.1. The Morgan fingerprint density at radius 1 is 1.73 bits per heavy atom. The molecule has 0 aromatic carbocycles. The van der Waals surface area contributed by atoms with Gasteiger partial charge in [-0.2, -0.15) is 0 Å². The number of thiocarbonyl (C=S) groups is 1. The maximum absolute atomic E-state index is 11.6. The molecule has 0 spiro atoms. The molecule has 15 heavy (non-hydrogen) atoms. The van der Waals surface area contributed by atoms with Crippen LogP contribution in [0.1, 0.15) is 18.4 Å². The Morgan fingerprint density at radius 3 is 2.93 bits per heavy atom. The van der Waals surface area contributed by atoms with E-state index >= 15 is 0 Å². The molecule has 1 aliphatic rings. The zero-order valence-electron chi connectivity index (χ0n) is 8.48. The molecule has 0 bridgehead atoms. The Morgan fingerprint density at radius 2 is 2.47 bits per heavy atom. The highest BCUT2D eigenvalue weighted by Crippen LogP contribution is 2.11. The number of rotatable bonds is 2. The van der Waals surface area contributed by atoms with Gasteiger partial charge in [0, 0.05) is 6.07 Å². The third kappa shape index (κ3) is 1.85. The Labute approximate surface area is 92.4 Å². The van der Waals surface area contributed by atoms with E-state index in [2.05, 4.69) is 10.5 Å². The van der Waals surface area contributed by atoms with E-state index in [9.17, 15) is 4.79 Å². The second kappa shape index (κ2) is 3.62. The summed E-state index contributed by atoms with van der Waals surface area (Å²) in [4.78, 5) is 13.1. The summed E-state index contributed by atoms with van der Waals surface area (Å²) in [5.74, 6) is 0.698. The first-order valence-electron chi connectivity index (χ1n) is 4.62. The number of carbonyl (C=O) groups excluding carboxylic acids is 1. The summed E-state index contributed by atoms with van der Waals surface area (Å²) in [6, 6.07) is 1.55. The van der Waals surface area contributed by atoms with Gasteiger partial charge in [0.25, 0.3) is 5.91 Å². The highest BCUT2D eigenvalue weighted by Gasteiger charge is 2.32. The molecule has 0 aliphatic carbocycles. The summed E-state index contributed by atoms with van der Waals surface area (Å²) in [5, 5.41) is 7.16. The number of amides is 1. The van der Waals surface area contributed by atoms with Crippen molar-refractivity contribution in [3.63, 3.8) is 0 Å². The van der Waals surface area contributed by atoms with Gasteiger partial charge in [-0.3, -0.25) is 9.69 Å². The van der Waals surface area contributed by atoms with Crippen LogP contribution in [0.15, 0.2) is 10.6 Å². The summed E-state index contributed by atoms with van der Waals surface area (Å²) in [6.45, 7) is 3.95. The van der Waals surface area contributed by atoms with Gasteiger partial charge >= 0.3 is 0 Å². The number of aromatic nitrogens is 1. The lowest BCUT2D eigenvalue weighted by Gasteiger charge is -2.11. The van der Waals surface area contributed by atoms with Crippen LogP contribution in [0.2, 0.25) is 0 Å². The van der Waals surface area contributed by atoms with E-state index in [1.807, 2.05) is 6.92 Å². The Kier molecular flexibility index (Phi) is 2.44. The van der Waals surface area contributed by atoms with E-state index in [0.717, 1.165) is 5.76 Å². The highest BCUT2D eigenvalue weighted by molar-refractivity contribution is 7.80. The van der Waals surface area contributed by atoms with Gasteiger partial charge in [-0.25, -0.2) is 0 Å². The van der Waals surface area contributed by atoms with Crippen LogP contribution in [0.5, 0.6) is 0 Å². The van der Waals surface area contributed by atoms with Crippen LogP contribution < -0.4 is 5.32 Å². The minimum absolute atomic E-state index is 0.0272. The predicted octanol–water partition coefficient (Wildman–Crippen LogP) is 0.588. The van der Waals surface area contributed by atoms with Crippen molar-refractivity contribution < 1.29 is 9.32 Å².